The van der Waals surface area contributed by atoms with Gasteiger partial charge in [-0.3, -0.25) is 0 Å². The van der Waals surface area contributed by atoms with Crippen molar-refractivity contribution >= 4 is 0 Å². The molecule has 0 spiro atoms. The SMILES string of the molecule is CCC1CCC(N(C)CC(N)CCc2ccccc2)CC1. The summed E-state index contributed by atoms with van der Waals surface area (Å²) in [6.07, 6.45) is 9.07. The molecule has 1 saturated carbocycles. The quantitative estimate of drug-likeness (QED) is 0.826. The Balaban J connectivity index is 1.68. The van der Waals surface area contributed by atoms with Crippen LogP contribution in [0.2, 0.25) is 0 Å². The molecular formula is C19H32N2. The number of nitrogens with two attached hydrogens (primary N) is 1. The van der Waals surface area contributed by atoms with Crippen LogP contribution in [0.4, 0.5) is 0 Å². The summed E-state index contributed by atoms with van der Waals surface area (Å²) in [5.74, 6) is 0.974. The number of hydrogen-bond acceptors (Lipinski definition) is 2. The van der Waals surface area contributed by atoms with Gasteiger partial charge in [-0.1, -0.05) is 43.7 Å². The van der Waals surface area contributed by atoms with Gasteiger partial charge in [-0.05, 0) is 57.1 Å². The van der Waals surface area contributed by atoms with Crippen molar-refractivity contribution in [1.29, 1.82) is 0 Å². The highest BCUT2D eigenvalue weighted by Gasteiger charge is 2.23. The van der Waals surface area contributed by atoms with Gasteiger partial charge in [0.05, 0.1) is 0 Å². The van der Waals surface area contributed by atoms with E-state index in [-0.39, 0.29) is 0 Å². The van der Waals surface area contributed by atoms with Gasteiger partial charge >= 0.3 is 0 Å². The smallest absolute Gasteiger partial charge is 0.0170 e. The number of benzene rings is 1. The van der Waals surface area contributed by atoms with E-state index >= 15 is 0 Å². The van der Waals surface area contributed by atoms with Crippen LogP contribution in [0.5, 0.6) is 0 Å². The summed E-state index contributed by atoms with van der Waals surface area (Å²) in [7, 11) is 2.26. The van der Waals surface area contributed by atoms with Crippen molar-refractivity contribution in [2.75, 3.05) is 13.6 Å². The predicted molar refractivity (Wildman–Crippen MR) is 91.4 cm³/mol. The third-order valence-corrected chi connectivity index (χ3v) is 5.19. The Bertz CT molecular complexity index is 382. The highest BCUT2D eigenvalue weighted by atomic mass is 15.1. The molecule has 0 saturated heterocycles. The standard InChI is InChI=1S/C19H32N2/c1-3-16-10-13-19(14-11-16)21(2)15-18(20)12-9-17-7-5-4-6-8-17/h4-8,16,18-19H,3,9-15,20H2,1-2H3. The molecule has 0 radical (unpaired) electrons. The second-order valence-electron chi connectivity index (χ2n) is 6.81. The van der Waals surface area contributed by atoms with Gasteiger partial charge < -0.3 is 10.6 Å². The van der Waals surface area contributed by atoms with Crippen molar-refractivity contribution in [2.45, 2.75) is 64.0 Å². The Hall–Kier alpha value is -0.860. The average molecular weight is 288 g/mol. The first-order chi connectivity index (χ1) is 10.2. The minimum Gasteiger partial charge on any atom is -0.327 e. The van der Waals surface area contributed by atoms with E-state index in [1.165, 1.54) is 37.7 Å². The Kier molecular flexibility index (Phi) is 6.72. The Morgan fingerprint density at radius 3 is 2.43 bits per heavy atom. The van der Waals surface area contributed by atoms with Crippen molar-refractivity contribution in [3.05, 3.63) is 35.9 Å². The van der Waals surface area contributed by atoms with Gasteiger partial charge in [-0.2, -0.15) is 0 Å². The van der Waals surface area contributed by atoms with E-state index in [0.29, 0.717) is 6.04 Å². The van der Waals surface area contributed by atoms with Crippen LogP contribution in [0.25, 0.3) is 0 Å². The Morgan fingerprint density at radius 2 is 1.81 bits per heavy atom. The number of rotatable bonds is 7. The summed E-state index contributed by atoms with van der Waals surface area (Å²) in [5, 5.41) is 0. The van der Waals surface area contributed by atoms with Crippen molar-refractivity contribution in [3.63, 3.8) is 0 Å². The van der Waals surface area contributed by atoms with Crippen molar-refractivity contribution in [2.24, 2.45) is 11.7 Å². The maximum Gasteiger partial charge on any atom is 0.0170 e. The second kappa shape index (κ2) is 8.55. The van der Waals surface area contributed by atoms with E-state index in [0.717, 1.165) is 31.3 Å². The first-order valence-electron chi connectivity index (χ1n) is 8.68. The zero-order chi connectivity index (χ0) is 15.1. The molecule has 2 heteroatoms. The van der Waals surface area contributed by atoms with Gasteiger partial charge in [0, 0.05) is 18.6 Å². The highest BCUT2D eigenvalue weighted by molar-refractivity contribution is 5.14. The second-order valence-corrected chi connectivity index (χ2v) is 6.81. The molecule has 1 atom stereocenters. The van der Waals surface area contributed by atoms with Crippen LogP contribution in [0.3, 0.4) is 0 Å². The summed E-state index contributed by atoms with van der Waals surface area (Å²) in [4.78, 5) is 2.52. The van der Waals surface area contributed by atoms with Crippen LogP contribution < -0.4 is 5.73 Å². The monoisotopic (exact) mass is 288 g/mol. The lowest BCUT2D eigenvalue weighted by atomic mass is 9.84. The van der Waals surface area contributed by atoms with Gasteiger partial charge in [-0.25, -0.2) is 0 Å². The molecule has 0 aromatic heterocycles. The summed E-state index contributed by atoms with van der Waals surface area (Å²) >= 11 is 0. The molecule has 21 heavy (non-hydrogen) atoms. The average Bonchev–Trinajstić information content (AvgIpc) is 2.54. The van der Waals surface area contributed by atoms with Crippen LogP contribution in [0, 0.1) is 5.92 Å². The van der Waals surface area contributed by atoms with E-state index in [1.54, 1.807) is 0 Å². The summed E-state index contributed by atoms with van der Waals surface area (Å²) < 4.78 is 0. The van der Waals surface area contributed by atoms with E-state index in [9.17, 15) is 0 Å². The van der Waals surface area contributed by atoms with Crippen molar-refractivity contribution < 1.29 is 0 Å². The van der Waals surface area contributed by atoms with E-state index in [4.69, 9.17) is 5.73 Å². The molecule has 2 nitrogen and oxygen atoms in total. The van der Waals surface area contributed by atoms with Crippen LogP contribution in [-0.4, -0.2) is 30.6 Å². The minimum atomic E-state index is 0.291. The first-order valence-corrected chi connectivity index (χ1v) is 8.68. The summed E-state index contributed by atoms with van der Waals surface area (Å²) in [6, 6.07) is 11.7. The Labute approximate surface area is 130 Å². The number of nitrogens with zero attached hydrogens (tertiary/aromatic N) is 1. The highest BCUT2D eigenvalue weighted by Crippen LogP contribution is 2.28. The Morgan fingerprint density at radius 1 is 1.14 bits per heavy atom. The molecule has 2 rings (SSSR count). The zero-order valence-corrected chi connectivity index (χ0v) is 13.8. The molecule has 0 aliphatic heterocycles. The van der Waals surface area contributed by atoms with Crippen LogP contribution in [-0.2, 0) is 6.42 Å². The molecule has 0 heterocycles. The molecule has 1 unspecified atom stereocenters. The summed E-state index contributed by atoms with van der Waals surface area (Å²) in [5.41, 5.74) is 7.74. The molecule has 0 amide bonds. The minimum absolute atomic E-state index is 0.291. The molecule has 2 N–H and O–H groups in total. The molecule has 1 aliphatic carbocycles. The zero-order valence-electron chi connectivity index (χ0n) is 13.8. The lowest BCUT2D eigenvalue weighted by Gasteiger charge is -2.35. The topological polar surface area (TPSA) is 29.3 Å². The molecule has 1 fully saturated rings. The van der Waals surface area contributed by atoms with Gasteiger partial charge in [0.1, 0.15) is 0 Å². The normalized spacial score (nSPS) is 24.2. The van der Waals surface area contributed by atoms with Crippen molar-refractivity contribution in [1.82, 2.24) is 4.90 Å². The van der Waals surface area contributed by atoms with E-state index < -0.39 is 0 Å². The molecule has 0 bridgehead atoms. The molecular weight excluding hydrogens is 256 g/mol. The third-order valence-electron chi connectivity index (χ3n) is 5.19. The largest absolute Gasteiger partial charge is 0.327 e. The van der Waals surface area contributed by atoms with E-state index in [2.05, 4.69) is 49.2 Å². The van der Waals surface area contributed by atoms with E-state index in [1.807, 2.05) is 0 Å². The van der Waals surface area contributed by atoms with Gasteiger partial charge in [0.15, 0.2) is 0 Å². The van der Waals surface area contributed by atoms with Crippen LogP contribution >= 0.6 is 0 Å². The fraction of sp³-hybridized carbons (Fsp3) is 0.684. The summed E-state index contributed by atoms with van der Waals surface area (Å²) in [6.45, 7) is 3.36. The fourth-order valence-electron chi connectivity index (χ4n) is 3.60. The first kappa shape index (κ1) is 16.5. The number of likely N-dealkylation sites (N-methyl/N-ethyl adjacent to an activating group) is 1. The van der Waals surface area contributed by atoms with Crippen LogP contribution in [0.15, 0.2) is 30.3 Å². The number of aryl methyl sites for hydroxylation is 1. The fourth-order valence-corrected chi connectivity index (χ4v) is 3.60. The molecule has 118 valence electrons. The van der Waals surface area contributed by atoms with Crippen molar-refractivity contribution in [3.8, 4) is 0 Å². The lowest BCUT2D eigenvalue weighted by Crippen LogP contribution is -2.42. The molecule has 1 aliphatic rings. The third kappa shape index (κ3) is 5.44. The maximum atomic E-state index is 6.34. The maximum absolute atomic E-state index is 6.34. The number of hydrogen-bond donors (Lipinski definition) is 1. The van der Waals surface area contributed by atoms with Gasteiger partial charge in [-0.15, -0.1) is 0 Å². The van der Waals surface area contributed by atoms with Gasteiger partial charge in [0.2, 0.25) is 0 Å². The van der Waals surface area contributed by atoms with Crippen LogP contribution in [0.1, 0.15) is 51.0 Å². The predicted octanol–water partition coefficient (Wildman–Crippen LogP) is 3.85. The van der Waals surface area contributed by atoms with Gasteiger partial charge in [0.25, 0.3) is 0 Å². The molecule has 1 aromatic rings. The lowest BCUT2D eigenvalue weighted by molar-refractivity contribution is 0.155. The molecule has 1 aromatic carbocycles.